The summed E-state index contributed by atoms with van der Waals surface area (Å²) in [6, 6.07) is 6.24. The molecule has 0 aromatic carbocycles. The molecule has 2 N–H and O–H groups in total. The van der Waals surface area contributed by atoms with Crippen molar-refractivity contribution in [1.29, 1.82) is 0 Å². The van der Waals surface area contributed by atoms with E-state index in [0.29, 0.717) is 36.0 Å². The molecule has 0 atom stereocenters. The van der Waals surface area contributed by atoms with Crippen LogP contribution in [0.4, 0.5) is 5.82 Å². The van der Waals surface area contributed by atoms with Crippen molar-refractivity contribution in [3.63, 3.8) is 0 Å². The van der Waals surface area contributed by atoms with Gasteiger partial charge in [-0.25, -0.2) is 22.9 Å². The fraction of sp³-hybridized carbons (Fsp3) is 0.333. The van der Waals surface area contributed by atoms with Gasteiger partial charge in [-0.2, -0.15) is 0 Å². The molecule has 2 aromatic heterocycles. The van der Waals surface area contributed by atoms with Crippen molar-refractivity contribution in [3.8, 4) is 0 Å². The molecule has 3 rings (SSSR count). The Balaban J connectivity index is 1.66. The van der Waals surface area contributed by atoms with Crippen LogP contribution in [0.3, 0.4) is 0 Å². The highest BCUT2D eigenvalue weighted by Gasteiger charge is 2.27. The maximum atomic E-state index is 12.3. The van der Waals surface area contributed by atoms with Gasteiger partial charge in [0.25, 0.3) is 0 Å². The Morgan fingerprint density at radius 1 is 1.29 bits per heavy atom. The molecular weight excluding hydrogens is 350 g/mol. The van der Waals surface area contributed by atoms with Gasteiger partial charge in [0, 0.05) is 25.3 Å². The number of aromatic nitrogens is 1. The zero-order valence-electron chi connectivity index (χ0n) is 12.8. The van der Waals surface area contributed by atoms with Crippen molar-refractivity contribution < 1.29 is 18.3 Å². The molecule has 0 aliphatic carbocycles. The van der Waals surface area contributed by atoms with E-state index in [0.717, 1.165) is 0 Å². The average Bonchev–Trinajstić information content (AvgIpc) is 3.11. The maximum Gasteiger partial charge on any atom is 0.339 e. The number of pyridine rings is 1. The van der Waals surface area contributed by atoms with Crippen LogP contribution in [0.5, 0.6) is 0 Å². The fourth-order valence-corrected chi connectivity index (χ4v) is 5.03. The Labute approximate surface area is 144 Å². The highest BCUT2D eigenvalue weighted by atomic mass is 32.2. The monoisotopic (exact) mass is 367 g/mol. The number of anilines is 1. The number of rotatable bonds is 5. The van der Waals surface area contributed by atoms with Gasteiger partial charge < -0.3 is 10.0 Å². The van der Waals surface area contributed by atoms with Crippen LogP contribution in [-0.2, 0) is 10.0 Å². The lowest BCUT2D eigenvalue weighted by Gasteiger charge is -2.33. The standard InChI is InChI=1S/C15H17N3O4S2/c19-15(20)12-3-1-7-16-14(12)18-8-5-11(6-9-18)17-24(21,22)13-4-2-10-23-13/h1-4,7,10-11,17H,5-6,8-9H2,(H,19,20). The SMILES string of the molecule is O=C(O)c1cccnc1N1CCC(NS(=O)(=O)c2cccs2)CC1. The zero-order valence-corrected chi connectivity index (χ0v) is 14.4. The lowest BCUT2D eigenvalue weighted by Crippen LogP contribution is -2.45. The van der Waals surface area contributed by atoms with E-state index in [1.165, 1.54) is 17.4 Å². The summed E-state index contributed by atoms with van der Waals surface area (Å²) in [4.78, 5) is 17.4. The van der Waals surface area contributed by atoms with Gasteiger partial charge >= 0.3 is 5.97 Å². The van der Waals surface area contributed by atoms with Crippen LogP contribution in [0.1, 0.15) is 23.2 Å². The molecule has 0 spiro atoms. The van der Waals surface area contributed by atoms with Crippen molar-refractivity contribution in [3.05, 3.63) is 41.4 Å². The summed E-state index contributed by atoms with van der Waals surface area (Å²) in [7, 11) is -3.48. The second-order valence-corrected chi connectivity index (χ2v) is 8.38. The minimum atomic E-state index is -3.48. The van der Waals surface area contributed by atoms with Gasteiger partial charge in [0.15, 0.2) is 0 Å². The summed E-state index contributed by atoms with van der Waals surface area (Å²) in [6.45, 7) is 1.10. The van der Waals surface area contributed by atoms with Gasteiger partial charge in [-0.05, 0) is 36.4 Å². The van der Waals surface area contributed by atoms with E-state index in [9.17, 15) is 18.3 Å². The topological polar surface area (TPSA) is 99.6 Å². The van der Waals surface area contributed by atoms with E-state index in [1.54, 1.807) is 29.8 Å². The highest BCUT2D eigenvalue weighted by molar-refractivity contribution is 7.91. The van der Waals surface area contributed by atoms with Gasteiger partial charge in [0.05, 0.1) is 0 Å². The summed E-state index contributed by atoms with van der Waals surface area (Å²) in [6.07, 6.45) is 2.76. The van der Waals surface area contributed by atoms with Crippen molar-refractivity contribution in [2.75, 3.05) is 18.0 Å². The zero-order chi connectivity index (χ0) is 17.2. The number of carbonyl (C=O) groups is 1. The van der Waals surface area contributed by atoms with Crippen molar-refractivity contribution in [2.24, 2.45) is 0 Å². The van der Waals surface area contributed by atoms with Crippen LogP contribution < -0.4 is 9.62 Å². The molecule has 1 aliphatic rings. The summed E-state index contributed by atoms with van der Waals surface area (Å²) >= 11 is 1.18. The molecule has 24 heavy (non-hydrogen) atoms. The number of piperidine rings is 1. The minimum absolute atomic E-state index is 0.162. The van der Waals surface area contributed by atoms with E-state index >= 15 is 0 Å². The van der Waals surface area contributed by atoms with Crippen LogP contribution >= 0.6 is 11.3 Å². The van der Waals surface area contributed by atoms with Gasteiger partial charge in [-0.1, -0.05) is 6.07 Å². The normalized spacial score (nSPS) is 16.2. The number of aromatic carboxylic acids is 1. The molecule has 0 unspecified atom stereocenters. The van der Waals surface area contributed by atoms with Gasteiger partial charge in [0.2, 0.25) is 10.0 Å². The third-order valence-electron chi connectivity index (χ3n) is 3.89. The molecule has 7 nitrogen and oxygen atoms in total. The lowest BCUT2D eigenvalue weighted by molar-refractivity contribution is 0.0697. The number of hydrogen-bond donors (Lipinski definition) is 2. The molecule has 9 heteroatoms. The van der Waals surface area contributed by atoms with Crippen molar-refractivity contribution in [1.82, 2.24) is 9.71 Å². The second kappa shape index (κ2) is 6.88. The molecule has 3 heterocycles. The first kappa shape index (κ1) is 16.9. The number of carboxylic acid groups (broad SMARTS) is 1. The van der Waals surface area contributed by atoms with E-state index < -0.39 is 16.0 Å². The molecule has 1 fully saturated rings. The predicted molar refractivity (Wildman–Crippen MR) is 91.1 cm³/mol. The van der Waals surface area contributed by atoms with Crippen LogP contribution in [0, 0.1) is 0 Å². The molecule has 0 radical (unpaired) electrons. The summed E-state index contributed by atoms with van der Waals surface area (Å²) < 4.78 is 27.5. The van der Waals surface area contributed by atoms with Gasteiger partial charge in [0.1, 0.15) is 15.6 Å². The van der Waals surface area contributed by atoms with Gasteiger partial charge in [-0.3, -0.25) is 0 Å². The molecule has 0 saturated carbocycles. The first-order valence-corrected chi connectivity index (χ1v) is 9.83. The van der Waals surface area contributed by atoms with Crippen LogP contribution in [-0.4, -0.2) is 43.6 Å². The fourth-order valence-electron chi connectivity index (χ4n) is 2.72. The highest BCUT2D eigenvalue weighted by Crippen LogP contribution is 2.23. The Hall–Kier alpha value is -1.97. The van der Waals surface area contributed by atoms with E-state index in [-0.39, 0.29) is 11.6 Å². The van der Waals surface area contributed by atoms with Crippen molar-refractivity contribution in [2.45, 2.75) is 23.1 Å². The maximum absolute atomic E-state index is 12.3. The quantitative estimate of drug-likeness (QED) is 0.836. The number of thiophene rings is 1. The first-order valence-electron chi connectivity index (χ1n) is 7.46. The predicted octanol–water partition coefficient (Wildman–Crippen LogP) is 1.79. The van der Waals surface area contributed by atoms with E-state index in [1.807, 2.05) is 4.90 Å². The smallest absolute Gasteiger partial charge is 0.339 e. The Morgan fingerprint density at radius 3 is 2.67 bits per heavy atom. The average molecular weight is 367 g/mol. The third kappa shape index (κ3) is 3.58. The molecular formula is C15H17N3O4S2. The number of sulfonamides is 1. The lowest BCUT2D eigenvalue weighted by atomic mass is 10.1. The Morgan fingerprint density at radius 2 is 2.04 bits per heavy atom. The summed E-state index contributed by atoms with van der Waals surface area (Å²) in [5.41, 5.74) is 0.162. The number of hydrogen-bond acceptors (Lipinski definition) is 6. The van der Waals surface area contributed by atoms with Crippen LogP contribution in [0.25, 0.3) is 0 Å². The molecule has 0 amide bonds. The summed E-state index contributed by atoms with van der Waals surface area (Å²) in [5.74, 6) is -0.580. The third-order valence-corrected chi connectivity index (χ3v) is 6.81. The molecule has 0 bridgehead atoms. The number of carboxylic acids is 1. The molecule has 2 aromatic rings. The van der Waals surface area contributed by atoms with Crippen LogP contribution in [0.15, 0.2) is 40.1 Å². The minimum Gasteiger partial charge on any atom is -0.478 e. The number of nitrogens with one attached hydrogen (secondary N) is 1. The van der Waals surface area contributed by atoms with Gasteiger partial charge in [-0.15, -0.1) is 11.3 Å². The Kier molecular flexibility index (Phi) is 4.83. The molecule has 1 aliphatic heterocycles. The summed E-state index contributed by atoms with van der Waals surface area (Å²) in [5, 5.41) is 11.0. The molecule has 128 valence electrons. The first-order chi connectivity index (χ1) is 11.5. The van der Waals surface area contributed by atoms with E-state index in [2.05, 4.69) is 9.71 Å². The van der Waals surface area contributed by atoms with Crippen LogP contribution in [0.2, 0.25) is 0 Å². The Bertz CT molecular complexity index is 813. The second-order valence-electron chi connectivity index (χ2n) is 5.49. The van der Waals surface area contributed by atoms with E-state index in [4.69, 9.17) is 0 Å². The molecule has 1 saturated heterocycles. The number of nitrogens with zero attached hydrogens (tertiary/aromatic N) is 2. The van der Waals surface area contributed by atoms with Crippen molar-refractivity contribution >= 4 is 33.1 Å². The largest absolute Gasteiger partial charge is 0.478 e.